The van der Waals surface area contributed by atoms with Gasteiger partial charge in [0.1, 0.15) is 12.1 Å². The van der Waals surface area contributed by atoms with Gasteiger partial charge in [-0.15, -0.1) is 0 Å². The second-order valence-corrected chi connectivity index (χ2v) is 8.43. The predicted molar refractivity (Wildman–Crippen MR) is 142 cm³/mol. The third kappa shape index (κ3) is 13.6. The Kier molecular flexibility index (Phi) is 14.3. The van der Waals surface area contributed by atoms with Crippen molar-refractivity contribution >= 4 is 35.6 Å². The van der Waals surface area contributed by atoms with E-state index in [0.29, 0.717) is 19.4 Å². The van der Waals surface area contributed by atoms with Gasteiger partial charge in [0.15, 0.2) is 11.9 Å². The predicted octanol–water partition coefficient (Wildman–Crippen LogP) is -3.17. The van der Waals surface area contributed by atoms with Crippen molar-refractivity contribution in [1.29, 1.82) is 0 Å². The summed E-state index contributed by atoms with van der Waals surface area (Å²) in [6.07, 6.45) is 1.28. The number of guanidine groups is 2. The van der Waals surface area contributed by atoms with E-state index in [9.17, 15) is 24.3 Å². The number of carboxylic acid groups (broad SMARTS) is 1. The maximum atomic E-state index is 12.9. The van der Waals surface area contributed by atoms with E-state index in [0.717, 1.165) is 5.56 Å². The SMILES string of the molecule is NC(N)=NCCCC(N)C(=O)NC(Cc1ccccc1)C(=O)NCC(=O)NC(CCCN=C(N)N)C(=O)O. The quantitative estimate of drug-likeness (QED) is 0.0549. The number of carbonyl (C=O) groups excluding carboxylic acids is 3. The summed E-state index contributed by atoms with van der Waals surface area (Å²) in [5, 5.41) is 16.8. The molecule has 0 radical (unpaired) electrons. The lowest BCUT2D eigenvalue weighted by Gasteiger charge is -2.21. The lowest BCUT2D eigenvalue weighted by molar-refractivity contribution is -0.142. The van der Waals surface area contributed by atoms with Crippen LogP contribution in [0, 0.1) is 0 Å². The molecule has 0 aromatic heterocycles. The highest BCUT2D eigenvalue weighted by atomic mass is 16.4. The van der Waals surface area contributed by atoms with Gasteiger partial charge in [0.2, 0.25) is 17.7 Å². The number of hydrogen-bond donors (Lipinski definition) is 9. The molecule has 0 aliphatic heterocycles. The third-order valence-corrected chi connectivity index (χ3v) is 5.22. The molecule has 15 heteroatoms. The molecule has 0 fully saturated rings. The minimum absolute atomic E-state index is 0.0627. The van der Waals surface area contributed by atoms with Gasteiger partial charge in [-0.3, -0.25) is 24.4 Å². The van der Waals surface area contributed by atoms with Gasteiger partial charge in [0, 0.05) is 19.5 Å². The standard InChI is InChI=1S/C23H38N10O5/c24-15(8-4-10-29-22(25)26)19(35)33-17(12-14-6-2-1-3-7-14)20(36)31-13-18(34)32-16(21(37)38)9-5-11-30-23(27)28/h1-3,6-7,15-17H,4-5,8-13,24H2,(H,31,36)(H,32,34)(H,33,35)(H,37,38)(H4,25,26,29)(H4,27,28,30). The topological polar surface area (TPSA) is 279 Å². The summed E-state index contributed by atoms with van der Waals surface area (Å²) < 4.78 is 0. The summed E-state index contributed by atoms with van der Waals surface area (Å²) in [5.41, 5.74) is 27.7. The Labute approximate surface area is 220 Å². The van der Waals surface area contributed by atoms with Crippen molar-refractivity contribution in [2.24, 2.45) is 38.7 Å². The first-order valence-corrected chi connectivity index (χ1v) is 12.0. The maximum Gasteiger partial charge on any atom is 0.326 e. The van der Waals surface area contributed by atoms with Gasteiger partial charge >= 0.3 is 5.97 Å². The summed E-state index contributed by atoms with van der Waals surface area (Å²) in [6, 6.07) is 5.82. The number of aliphatic imine (C=N–C) groups is 2. The third-order valence-electron chi connectivity index (χ3n) is 5.22. The number of carbonyl (C=O) groups is 4. The van der Waals surface area contributed by atoms with Crippen molar-refractivity contribution in [3.8, 4) is 0 Å². The molecule has 1 rings (SSSR count). The molecule has 3 atom stereocenters. The second kappa shape index (κ2) is 17.1. The number of hydrogen-bond acceptors (Lipinski definition) is 7. The number of aliphatic carboxylic acids is 1. The van der Waals surface area contributed by atoms with E-state index < -0.39 is 48.4 Å². The van der Waals surface area contributed by atoms with Crippen LogP contribution in [-0.4, -0.2) is 78.5 Å². The molecule has 0 saturated carbocycles. The van der Waals surface area contributed by atoms with Crippen molar-refractivity contribution in [2.45, 2.75) is 50.2 Å². The van der Waals surface area contributed by atoms with E-state index >= 15 is 0 Å². The molecule has 38 heavy (non-hydrogen) atoms. The van der Waals surface area contributed by atoms with Crippen LogP contribution >= 0.6 is 0 Å². The largest absolute Gasteiger partial charge is 0.480 e. The Morgan fingerprint density at radius 1 is 0.816 bits per heavy atom. The number of nitrogens with zero attached hydrogens (tertiary/aromatic N) is 2. The highest BCUT2D eigenvalue weighted by Gasteiger charge is 2.25. The molecule has 3 unspecified atom stereocenters. The number of benzene rings is 1. The van der Waals surface area contributed by atoms with Crippen molar-refractivity contribution in [3.05, 3.63) is 35.9 Å². The maximum absolute atomic E-state index is 12.9. The summed E-state index contributed by atoms with van der Waals surface area (Å²) in [6.45, 7) is 0.0102. The minimum atomic E-state index is -1.24. The molecule has 0 saturated heterocycles. The number of amides is 3. The Bertz CT molecular complexity index is 978. The van der Waals surface area contributed by atoms with Gasteiger partial charge in [0.25, 0.3) is 0 Å². The molecule has 210 valence electrons. The summed E-state index contributed by atoms with van der Waals surface area (Å²) in [4.78, 5) is 56.9. The summed E-state index contributed by atoms with van der Waals surface area (Å²) in [7, 11) is 0. The van der Waals surface area contributed by atoms with Crippen molar-refractivity contribution in [3.63, 3.8) is 0 Å². The fraction of sp³-hybridized carbons (Fsp3) is 0.478. The van der Waals surface area contributed by atoms with E-state index in [1.165, 1.54) is 0 Å². The van der Waals surface area contributed by atoms with E-state index in [2.05, 4.69) is 25.9 Å². The monoisotopic (exact) mass is 534 g/mol. The number of rotatable bonds is 17. The normalized spacial score (nSPS) is 12.8. The molecular weight excluding hydrogens is 496 g/mol. The van der Waals surface area contributed by atoms with Crippen LogP contribution in [0.4, 0.5) is 0 Å². The van der Waals surface area contributed by atoms with E-state index in [1.807, 2.05) is 6.07 Å². The van der Waals surface area contributed by atoms with Crippen molar-refractivity contribution < 1.29 is 24.3 Å². The zero-order valence-electron chi connectivity index (χ0n) is 21.1. The van der Waals surface area contributed by atoms with Crippen LogP contribution in [0.5, 0.6) is 0 Å². The minimum Gasteiger partial charge on any atom is -0.480 e. The summed E-state index contributed by atoms with van der Waals surface area (Å²) >= 11 is 0. The first-order chi connectivity index (χ1) is 18.0. The molecule has 1 aromatic carbocycles. The zero-order chi connectivity index (χ0) is 28.5. The average Bonchev–Trinajstić information content (AvgIpc) is 2.86. The molecule has 0 aliphatic carbocycles. The number of nitrogens with one attached hydrogen (secondary N) is 3. The molecule has 0 spiro atoms. The summed E-state index contributed by atoms with van der Waals surface area (Å²) in [5.74, 6) is -3.32. The molecule has 14 N–H and O–H groups in total. The molecule has 1 aromatic rings. The molecule has 3 amide bonds. The van der Waals surface area contributed by atoms with Gasteiger partial charge in [-0.2, -0.15) is 0 Å². The zero-order valence-corrected chi connectivity index (χ0v) is 21.1. The molecule has 0 heterocycles. The molecule has 0 aliphatic rings. The number of carboxylic acids is 1. The lowest BCUT2D eigenvalue weighted by Crippen LogP contribution is -2.54. The van der Waals surface area contributed by atoms with Crippen LogP contribution in [0.2, 0.25) is 0 Å². The van der Waals surface area contributed by atoms with Gasteiger partial charge in [-0.05, 0) is 31.2 Å². The van der Waals surface area contributed by atoms with Crippen LogP contribution in [0.3, 0.4) is 0 Å². The van der Waals surface area contributed by atoms with Gasteiger partial charge in [-0.1, -0.05) is 30.3 Å². The van der Waals surface area contributed by atoms with E-state index in [1.54, 1.807) is 24.3 Å². The van der Waals surface area contributed by atoms with Crippen molar-refractivity contribution in [1.82, 2.24) is 16.0 Å². The Hall–Kier alpha value is -4.40. The van der Waals surface area contributed by atoms with Gasteiger partial charge in [-0.25, -0.2) is 4.79 Å². The van der Waals surface area contributed by atoms with E-state index in [4.69, 9.17) is 28.7 Å². The van der Waals surface area contributed by atoms with Crippen LogP contribution in [0.25, 0.3) is 0 Å². The Morgan fingerprint density at radius 2 is 1.39 bits per heavy atom. The second-order valence-electron chi connectivity index (χ2n) is 8.43. The smallest absolute Gasteiger partial charge is 0.326 e. The first-order valence-electron chi connectivity index (χ1n) is 12.0. The lowest BCUT2D eigenvalue weighted by atomic mass is 10.0. The van der Waals surface area contributed by atoms with Crippen LogP contribution in [0.15, 0.2) is 40.3 Å². The highest BCUT2D eigenvalue weighted by molar-refractivity contribution is 5.92. The van der Waals surface area contributed by atoms with Crippen LogP contribution < -0.4 is 44.6 Å². The van der Waals surface area contributed by atoms with Crippen LogP contribution in [0.1, 0.15) is 31.2 Å². The molecule has 15 nitrogen and oxygen atoms in total. The fourth-order valence-corrected chi connectivity index (χ4v) is 3.29. The van der Waals surface area contributed by atoms with Gasteiger partial charge < -0.3 is 49.7 Å². The number of nitrogens with two attached hydrogens (primary N) is 5. The van der Waals surface area contributed by atoms with Crippen LogP contribution in [-0.2, 0) is 25.6 Å². The highest BCUT2D eigenvalue weighted by Crippen LogP contribution is 2.05. The first kappa shape index (κ1) is 31.6. The van der Waals surface area contributed by atoms with Gasteiger partial charge in [0.05, 0.1) is 12.6 Å². The van der Waals surface area contributed by atoms with Crippen molar-refractivity contribution in [2.75, 3.05) is 19.6 Å². The fourth-order valence-electron chi connectivity index (χ4n) is 3.29. The average molecular weight is 535 g/mol. The molecular formula is C23H38N10O5. The Morgan fingerprint density at radius 3 is 1.95 bits per heavy atom. The van der Waals surface area contributed by atoms with E-state index in [-0.39, 0.29) is 37.7 Å². The molecule has 0 bridgehead atoms. The Balaban J connectivity index is 2.72.